The molecular weight excluding hydrogens is 397 g/mol. The number of hydrogen-bond acceptors (Lipinski definition) is 4. The minimum absolute atomic E-state index is 0.180. The Bertz CT molecular complexity index is 990. The number of ether oxygens (including phenoxy) is 1. The predicted molar refractivity (Wildman–Crippen MR) is 116 cm³/mol. The lowest BCUT2D eigenvalue weighted by Gasteiger charge is -2.35. The number of halogens is 1. The Balaban J connectivity index is 1.44. The van der Waals surface area contributed by atoms with Crippen LogP contribution in [0.1, 0.15) is 30.6 Å². The number of nitrogens with zero attached hydrogens (tertiary/aromatic N) is 4. The molecule has 1 aliphatic heterocycles. The van der Waals surface area contributed by atoms with Crippen LogP contribution in [0.25, 0.3) is 11.5 Å². The fourth-order valence-corrected chi connectivity index (χ4v) is 4.06. The average molecular weight is 426 g/mol. The monoisotopic (exact) mass is 425 g/mol. The van der Waals surface area contributed by atoms with Crippen molar-refractivity contribution in [1.82, 2.24) is 24.6 Å². The average Bonchev–Trinajstić information content (AvgIpc) is 3.40. The second-order valence-electron chi connectivity index (χ2n) is 7.99. The van der Waals surface area contributed by atoms with Crippen LogP contribution in [-0.4, -0.2) is 63.5 Å². The Labute approximate surface area is 181 Å². The smallest absolute Gasteiger partial charge is 0.256 e. The maximum absolute atomic E-state index is 13.4. The van der Waals surface area contributed by atoms with Crippen molar-refractivity contribution in [2.75, 3.05) is 26.2 Å². The normalized spacial score (nSPS) is 19.5. The van der Waals surface area contributed by atoms with Crippen molar-refractivity contribution in [1.29, 1.82) is 0 Å². The molecule has 2 unspecified atom stereocenters. The molecule has 31 heavy (non-hydrogen) atoms. The van der Waals surface area contributed by atoms with E-state index in [1.165, 1.54) is 12.1 Å². The summed E-state index contributed by atoms with van der Waals surface area (Å²) in [6, 6.07) is 9.80. The largest absolute Gasteiger partial charge is 0.373 e. The van der Waals surface area contributed by atoms with E-state index in [0.29, 0.717) is 23.6 Å². The van der Waals surface area contributed by atoms with Crippen LogP contribution in [0.3, 0.4) is 0 Å². The highest BCUT2D eigenvalue weighted by Gasteiger charge is 2.22. The predicted octanol–water partition coefficient (Wildman–Crippen LogP) is 3.03. The summed E-state index contributed by atoms with van der Waals surface area (Å²) in [7, 11) is 0. The van der Waals surface area contributed by atoms with Gasteiger partial charge in [0.2, 0.25) is 0 Å². The molecule has 1 amide bonds. The molecule has 7 nitrogen and oxygen atoms in total. The van der Waals surface area contributed by atoms with Crippen LogP contribution in [0.4, 0.5) is 4.39 Å². The molecule has 164 valence electrons. The molecule has 3 heterocycles. The molecule has 0 bridgehead atoms. The second-order valence-corrected chi connectivity index (χ2v) is 7.99. The molecule has 0 spiro atoms. The van der Waals surface area contributed by atoms with E-state index in [0.717, 1.165) is 26.1 Å². The first-order chi connectivity index (χ1) is 15.0. The Morgan fingerprint density at radius 1 is 1.16 bits per heavy atom. The molecular formula is C23H28FN5O2. The Hall–Kier alpha value is -2.97. The molecule has 1 aromatic carbocycles. The van der Waals surface area contributed by atoms with Gasteiger partial charge in [-0.1, -0.05) is 0 Å². The lowest BCUT2D eigenvalue weighted by Crippen LogP contribution is -2.46. The van der Waals surface area contributed by atoms with E-state index < -0.39 is 0 Å². The van der Waals surface area contributed by atoms with Gasteiger partial charge in [-0.2, -0.15) is 5.10 Å². The number of carbonyl (C=O) groups is 1. The van der Waals surface area contributed by atoms with E-state index in [2.05, 4.69) is 29.2 Å². The van der Waals surface area contributed by atoms with Crippen molar-refractivity contribution in [3.05, 3.63) is 66.4 Å². The summed E-state index contributed by atoms with van der Waals surface area (Å²) in [4.78, 5) is 15.3. The van der Waals surface area contributed by atoms with Gasteiger partial charge in [-0.25, -0.2) is 9.07 Å². The van der Waals surface area contributed by atoms with Crippen molar-refractivity contribution < 1.29 is 13.9 Å². The van der Waals surface area contributed by atoms with Gasteiger partial charge < -0.3 is 14.6 Å². The minimum atomic E-state index is -0.319. The SMILES string of the molecule is CC1CN(CCCNC(=O)c2cnn(-c3ccc(F)cc3)c2-n2cccc2)CC(C)O1. The lowest BCUT2D eigenvalue weighted by molar-refractivity contribution is -0.0679. The van der Waals surface area contributed by atoms with Gasteiger partial charge in [0.1, 0.15) is 11.4 Å². The van der Waals surface area contributed by atoms with Gasteiger partial charge >= 0.3 is 0 Å². The first-order valence-electron chi connectivity index (χ1n) is 10.6. The molecule has 0 radical (unpaired) electrons. The van der Waals surface area contributed by atoms with Crippen LogP contribution in [0.5, 0.6) is 0 Å². The van der Waals surface area contributed by atoms with Crippen LogP contribution in [0, 0.1) is 5.82 Å². The van der Waals surface area contributed by atoms with E-state index in [1.807, 2.05) is 29.1 Å². The van der Waals surface area contributed by atoms with Crippen LogP contribution in [0.15, 0.2) is 55.0 Å². The molecule has 3 aromatic rings. The summed E-state index contributed by atoms with van der Waals surface area (Å²) in [5.41, 5.74) is 1.15. The number of nitrogens with one attached hydrogen (secondary N) is 1. The van der Waals surface area contributed by atoms with E-state index in [1.54, 1.807) is 23.0 Å². The van der Waals surface area contributed by atoms with E-state index in [9.17, 15) is 9.18 Å². The van der Waals surface area contributed by atoms with Crippen molar-refractivity contribution in [2.45, 2.75) is 32.5 Å². The zero-order valence-corrected chi connectivity index (χ0v) is 17.9. The first kappa shape index (κ1) is 21.3. The van der Waals surface area contributed by atoms with Crippen LogP contribution in [0.2, 0.25) is 0 Å². The molecule has 1 aliphatic rings. The summed E-state index contributed by atoms with van der Waals surface area (Å²) in [6.07, 6.45) is 6.60. The summed E-state index contributed by atoms with van der Waals surface area (Å²) in [6.45, 7) is 7.50. The van der Waals surface area contributed by atoms with Gasteiger partial charge in [0.25, 0.3) is 5.91 Å². The number of morpholine rings is 1. The number of amides is 1. The molecule has 1 N–H and O–H groups in total. The van der Waals surface area contributed by atoms with E-state index in [4.69, 9.17) is 4.74 Å². The molecule has 1 fully saturated rings. The highest BCUT2D eigenvalue weighted by atomic mass is 19.1. The molecule has 4 rings (SSSR count). The Morgan fingerprint density at radius 3 is 2.52 bits per heavy atom. The Morgan fingerprint density at radius 2 is 1.84 bits per heavy atom. The van der Waals surface area contributed by atoms with Crippen LogP contribution < -0.4 is 5.32 Å². The lowest BCUT2D eigenvalue weighted by atomic mass is 10.2. The highest BCUT2D eigenvalue weighted by molar-refractivity contribution is 5.97. The van der Waals surface area contributed by atoms with Crippen LogP contribution in [-0.2, 0) is 4.74 Å². The molecule has 8 heteroatoms. The first-order valence-corrected chi connectivity index (χ1v) is 10.6. The van der Waals surface area contributed by atoms with Crippen molar-refractivity contribution in [3.8, 4) is 11.5 Å². The second kappa shape index (κ2) is 9.45. The molecule has 0 saturated carbocycles. The van der Waals surface area contributed by atoms with Gasteiger partial charge in [-0.3, -0.25) is 9.69 Å². The standard InChI is InChI=1S/C23H28FN5O2/c1-17-15-27(16-18(2)31-17)11-5-10-25-22(30)21-14-26-29(20-8-6-19(24)7-9-20)23(21)28-12-3-4-13-28/h3-4,6-9,12-14,17-18H,5,10-11,15-16H2,1-2H3,(H,25,30). The van der Waals surface area contributed by atoms with Crippen LogP contribution >= 0.6 is 0 Å². The summed E-state index contributed by atoms with van der Waals surface area (Å²) in [5.74, 6) is 0.117. The number of carbonyl (C=O) groups excluding carboxylic acids is 1. The third-order valence-electron chi connectivity index (χ3n) is 5.34. The number of aromatic nitrogens is 3. The maximum atomic E-state index is 13.4. The highest BCUT2D eigenvalue weighted by Crippen LogP contribution is 2.20. The fourth-order valence-electron chi connectivity index (χ4n) is 4.06. The minimum Gasteiger partial charge on any atom is -0.373 e. The van der Waals surface area contributed by atoms with Gasteiger partial charge in [0, 0.05) is 38.6 Å². The summed E-state index contributed by atoms with van der Waals surface area (Å²) in [5, 5.41) is 7.42. The Kier molecular flexibility index (Phi) is 6.48. The topological polar surface area (TPSA) is 64.3 Å². The zero-order chi connectivity index (χ0) is 21.8. The summed E-state index contributed by atoms with van der Waals surface area (Å²) >= 11 is 0. The summed E-state index contributed by atoms with van der Waals surface area (Å²) < 4.78 is 22.6. The maximum Gasteiger partial charge on any atom is 0.256 e. The van der Waals surface area contributed by atoms with Gasteiger partial charge in [0.15, 0.2) is 5.82 Å². The third-order valence-corrected chi connectivity index (χ3v) is 5.34. The zero-order valence-electron chi connectivity index (χ0n) is 17.9. The molecule has 1 saturated heterocycles. The van der Waals surface area contributed by atoms with Gasteiger partial charge in [-0.05, 0) is 56.7 Å². The van der Waals surface area contributed by atoms with E-state index in [-0.39, 0.29) is 23.9 Å². The number of hydrogen-bond donors (Lipinski definition) is 1. The number of rotatable bonds is 7. The van der Waals surface area contributed by atoms with Crippen molar-refractivity contribution >= 4 is 5.91 Å². The third kappa shape index (κ3) is 5.03. The fraction of sp³-hybridized carbons (Fsp3) is 0.391. The van der Waals surface area contributed by atoms with Crippen molar-refractivity contribution in [2.24, 2.45) is 0 Å². The van der Waals surface area contributed by atoms with E-state index >= 15 is 0 Å². The quantitative estimate of drug-likeness (QED) is 0.591. The van der Waals surface area contributed by atoms with Gasteiger partial charge in [0.05, 0.1) is 24.1 Å². The van der Waals surface area contributed by atoms with Crippen molar-refractivity contribution in [3.63, 3.8) is 0 Å². The molecule has 2 aromatic heterocycles. The van der Waals surface area contributed by atoms with Gasteiger partial charge in [-0.15, -0.1) is 0 Å². The number of benzene rings is 1. The molecule has 2 atom stereocenters. The molecule has 0 aliphatic carbocycles.